The standard InChI is InChI=1S/C25H19ClF3NO3/c1-2-32-23-12-15(7-10-22(23)33-14-16-5-3-4-6-20(16)26)11-19-18-9-8-17(25(27,28)29)13-21(18)30-24(19)31/h3-13H,2,14H2,1H3,(H,30,31)/b19-11-. The molecule has 1 aliphatic rings. The van der Waals surface area contributed by atoms with Gasteiger partial charge in [0.2, 0.25) is 0 Å². The third kappa shape index (κ3) is 4.98. The Bertz CT molecular complexity index is 1240. The van der Waals surface area contributed by atoms with Crippen molar-refractivity contribution < 1.29 is 27.4 Å². The fourth-order valence-electron chi connectivity index (χ4n) is 3.45. The van der Waals surface area contributed by atoms with Crippen molar-refractivity contribution in [3.05, 3.63) is 87.9 Å². The number of carbonyl (C=O) groups is 1. The molecule has 33 heavy (non-hydrogen) atoms. The molecule has 8 heteroatoms. The molecule has 0 saturated carbocycles. The normalized spacial score (nSPS) is 14.2. The van der Waals surface area contributed by atoms with Crippen LogP contribution in [0.2, 0.25) is 5.02 Å². The maximum Gasteiger partial charge on any atom is 0.416 e. The fraction of sp³-hybridized carbons (Fsp3) is 0.160. The molecule has 0 bridgehead atoms. The van der Waals surface area contributed by atoms with Gasteiger partial charge < -0.3 is 14.8 Å². The average Bonchev–Trinajstić information content (AvgIpc) is 3.08. The lowest BCUT2D eigenvalue weighted by Gasteiger charge is -2.13. The summed E-state index contributed by atoms with van der Waals surface area (Å²) < 4.78 is 50.5. The predicted molar refractivity (Wildman–Crippen MR) is 121 cm³/mol. The highest BCUT2D eigenvalue weighted by atomic mass is 35.5. The van der Waals surface area contributed by atoms with Crippen LogP contribution in [0, 0.1) is 0 Å². The molecule has 1 amide bonds. The molecular formula is C25H19ClF3NO3. The molecule has 0 unspecified atom stereocenters. The van der Waals surface area contributed by atoms with E-state index in [0.29, 0.717) is 34.3 Å². The maximum atomic E-state index is 13.0. The minimum Gasteiger partial charge on any atom is -0.490 e. The lowest BCUT2D eigenvalue weighted by atomic mass is 10.0. The monoisotopic (exact) mass is 473 g/mol. The minimum atomic E-state index is -4.49. The van der Waals surface area contributed by atoms with Gasteiger partial charge in [0.25, 0.3) is 5.91 Å². The van der Waals surface area contributed by atoms with Crippen LogP contribution in [0.3, 0.4) is 0 Å². The molecule has 3 aromatic carbocycles. The van der Waals surface area contributed by atoms with Crippen molar-refractivity contribution in [3.8, 4) is 11.5 Å². The summed E-state index contributed by atoms with van der Waals surface area (Å²) in [6.45, 7) is 2.48. The summed E-state index contributed by atoms with van der Waals surface area (Å²) in [6.07, 6.45) is -2.88. The van der Waals surface area contributed by atoms with Gasteiger partial charge in [-0.3, -0.25) is 4.79 Å². The van der Waals surface area contributed by atoms with Crippen LogP contribution in [0.4, 0.5) is 18.9 Å². The van der Waals surface area contributed by atoms with Crippen molar-refractivity contribution >= 4 is 34.8 Å². The average molecular weight is 474 g/mol. The van der Waals surface area contributed by atoms with Gasteiger partial charge in [-0.15, -0.1) is 0 Å². The second kappa shape index (κ2) is 9.19. The number of rotatable bonds is 6. The van der Waals surface area contributed by atoms with Crippen molar-refractivity contribution in [2.24, 2.45) is 0 Å². The first-order chi connectivity index (χ1) is 15.8. The number of carbonyl (C=O) groups excluding carboxylic acids is 1. The van der Waals surface area contributed by atoms with Crippen LogP contribution in [-0.2, 0) is 17.6 Å². The Balaban J connectivity index is 1.62. The molecule has 1 heterocycles. The SMILES string of the molecule is CCOc1cc(/C=C2\C(=O)Nc3cc(C(F)(F)F)ccc32)ccc1OCc1ccccc1Cl. The summed E-state index contributed by atoms with van der Waals surface area (Å²) in [5.74, 6) is 0.510. The molecule has 0 saturated heterocycles. The van der Waals surface area contributed by atoms with Crippen LogP contribution in [0.1, 0.15) is 29.2 Å². The Labute approximate surface area is 193 Å². The largest absolute Gasteiger partial charge is 0.490 e. The van der Waals surface area contributed by atoms with Gasteiger partial charge in [0.15, 0.2) is 11.5 Å². The second-order valence-corrected chi connectivity index (χ2v) is 7.70. The third-order valence-corrected chi connectivity index (χ3v) is 5.42. The smallest absolute Gasteiger partial charge is 0.416 e. The van der Waals surface area contributed by atoms with Gasteiger partial charge >= 0.3 is 6.18 Å². The molecule has 0 aromatic heterocycles. The summed E-state index contributed by atoms with van der Waals surface area (Å²) in [6, 6.07) is 15.7. The first kappa shape index (κ1) is 22.7. The van der Waals surface area contributed by atoms with Crippen LogP contribution < -0.4 is 14.8 Å². The van der Waals surface area contributed by atoms with E-state index in [9.17, 15) is 18.0 Å². The van der Waals surface area contributed by atoms with Gasteiger partial charge in [-0.25, -0.2) is 0 Å². The molecular weight excluding hydrogens is 455 g/mol. The van der Waals surface area contributed by atoms with E-state index in [0.717, 1.165) is 17.7 Å². The van der Waals surface area contributed by atoms with E-state index in [1.807, 2.05) is 25.1 Å². The Morgan fingerprint density at radius 1 is 1.00 bits per heavy atom. The van der Waals surface area contributed by atoms with Crippen LogP contribution in [0.15, 0.2) is 60.7 Å². The molecule has 3 aromatic rings. The summed E-state index contributed by atoms with van der Waals surface area (Å²) in [4.78, 5) is 12.4. The lowest BCUT2D eigenvalue weighted by molar-refractivity contribution is -0.137. The summed E-state index contributed by atoms with van der Waals surface area (Å²) in [5.41, 5.74) is 1.45. The highest BCUT2D eigenvalue weighted by Gasteiger charge is 2.33. The first-order valence-corrected chi connectivity index (χ1v) is 10.5. The maximum absolute atomic E-state index is 13.0. The van der Waals surface area contributed by atoms with Gasteiger partial charge in [0.1, 0.15) is 6.61 Å². The van der Waals surface area contributed by atoms with Crippen molar-refractivity contribution in [2.45, 2.75) is 19.7 Å². The van der Waals surface area contributed by atoms with Crippen LogP contribution in [-0.4, -0.2) is 12.5 Å². The molecule has 0 spiro atoms. The molecule has 4 rings (SSSR count). The summed E-state index contributed by atoms with van der Waals surface area (Å²) >= 11 is 6.18. The Morgan fingerprint density at radius 3 is 2.52 bits per heavy atom. The van der Waals surface area contributed by atoms with Gasteiger partial charge in [-0.05, 0) is 48.9 Å². The minimum absolute atomic E-state index is 0.130. The van der Waals surface area contributed by atoms with Gasteiger partial charge in [0, 0.05) is 27.4 Å². The topological polar surface area (TPSA) is 47.6 Å². The quantitative estimate of drug-likeness (QED) is 0.399. The molecule has 1 aliphatic heterocycles. The number of halogens is 4. The molecule has 170 valence electrons. The van der Waals surface area contributed by atoms with Crippen molar-refractivity contribution in [1.82, 2.24) is 0 Å². The molecule has 0 radical (unpaired) electrons. The molecule has 4 nitrogen and oxygen atoms in total. The highest BCUT2D eigenvalue weighted by Crippen LogP contribution is 2.39. The number of hydrogen-bond donors (Lipinski definition) is 1. The highest BCUT2D eigenvalue weighted by molar-refractivity contribution is 6.35. The van der Waals surface area contributed by atoms with Gasteiger partial charge in [0.05, 0.1) is 12.2 Å². The van der Waals surface area contributed by atoms with E-state index in [4.69, 9.17) is 21.1 Å². The molecule has 0 aliphatic carbocycles. The van der Waals surface area contributed by atoms with E-state index in [2.05, 4.69) is 5.32 Å². The van der Waals surface area contributed by atoms with Crippen LogP contribution in [0.5, 0.6) is 11.5 Å². The van der Waals surface area contributed by atoms with E-state index >= 15 is 0 Å². The number of fused-ring (bicyclic) bond motifs is 1. The van der Waals surface area contributed by atoms with Crippen molar-refractivity contribution in [2.75, 3.05) is 11.9 Å². The molecule has 1 N–H and O–H groups in total. The zero-order chi connectivity index (χ0) is 23.6. The van der Waals surface area contributed by atoms with Crippen LogP contribution >= 0.6 is 11.6 Å². The van der Waals surface area contributed by atoms with E-state index in [1.54, 1.807) is 30.3 Å². The van der Waals surface area contributed by atoms with E-state index < -0.39 is 17.6 Å². The number of benzene rings is 3. The zero-order valence-corrected chi connectivity index (χ0v) is 18.3. The second-order valence-electron chi connectivity index (χ2n) is 7.29. The Morgan fingerprint density at radius 2 is 1.79 bits per heavy atom. The number of nitrogens with one attached hydrogen (secondary N) is 1. The molecule has 0 fully saturated rings. The number of alkyl halides is 3. The molecule has 0 atom stereocenters. The predicted octanol–water partition coefficient (Wildman–Crippen LogP) is 6.83. The number of anilines is 1. The summed E-state index contributed by atoms with van der Waals surface area (Å²) in [5, 5.41) is 3.09. The Hall–Kier alpha value is -3.45. The van der Waals surface area contributed by atoms with Crippen molar-refractivity contribution in [3.63, 3.8) is 0 Å². The first-order valence-electron chi connectivity index (χ1n) is 10.1. The fourth-order valence-corrected chi connectivity index (χ4v) is 3.64. The lowest BCUT2D eigenvalue weighted by Crippen LogP contribution is -2.06. The zero-order valence-electron chi connectivity index (χ0n) is 17.5. The summed E-state index contributed by atoms with van der Waals surface area (Å²) in [7, 11) is 0. The number of hydrogen-bond acceptors (Lipinski definition) is 3. The van der Waals surface area contributed by atoms with E-state index in [1.165, 1.54) is 6.07 Å². The van der Waals surface area contributed by atoms with Crippen molar-refractivity contribution in [1.29, 1.82) is 0 Å². The third-order valence-electron chi connectivity index (χ3n) is 5.05. The van der Waals surface area contributed by atoms with Crippen LogP contribution in [0.25, 0.3) is 11.6 Å². The Kier molecular flexibility index (Phi) is 6.33. The number of ether oxygens (including phenoxy) is 2. The van der Waals surface area contributed by atoms with Gasteiger partial charge in [-0.1, -0.05) is 41.9 Å². The number of amides is 1. The van der Waals surface area contributed by atoms with Gasteiger partial charge in [-0.2, -0.15) is 13.2 Å². The van der Waals surface area contributed by atoms with E-state index in [-0.39, 0.29) is 17.9 Å².